The third kappa shape index (κ3) is 4.08. The lowest BCUT2D eigenvalue weighted by molar-refractivity contribution is -0.00642. The first-order valence-corrected chi connectivity index (χ1v) is 6.80. The Labute approximate surface area is 119 Å². The van der Waals surface area contributed by atoms with Crippen molar-refractivity contribution in [1.82, 2.24) is 0 Å². The van der Waals surface area contributed by atoms with Gasteiger partial charge in [-0.1, -0.05) is 46.2 Å². The maximum Gasteiger partial charge on any atom is 0.339 e. The molecule has 0 saturated carbocycles. The lowest BCUT2D eigenvalue weighted by Gasteiger charge is -2.30. The van der Waals surface area contributed by atoms with E-state index < -0.39 is 11.9 Å². The molecule has 20 heavy (non-hydrogen) atoms. The van der Waals surface area contributed by atoms with Crippen LogP contribution in [0.2, 0.25) is 0 Å². The normalized spacial score (nSPS) is 12.8. The highest BCUT2D eigenvalue weighted by molar-refractivity contribution is 6.02. The van der Waals surface area contributed by atoms with Gasteiger partial charge in [-0.25, -0.2) is 9.59 Å². The van der Waals surface area contributed by atoms with Crippen LogP contribution in [-0.4, -0.2) is 23.1 Å². The van der Waals surface area contributed by atoms with Gasteiger partial charge in [0.1, 0.15) is 6.10 Å². The molecule has 4 heteroatoms. The standard InChI is InChI=1S/C16H22O4/c1-5-8-13(16(2,3)4)20-15(19)12-10-7-6-9-11(12)14(17)18/h6-7,9-10,13H,5,8H2,1-4H3,(H,17,18). The van der Waals surface area contributed by atoms with Gasteiger partial charge in [-0.2, -0.15) is 0 Å². The summed E-state index contributed by atoms with van der Waals surface area (Å²) in [5, 5.41) is 9.10. The molecular weight excluding hydrogens is 256 g/mol. The van der Waals surface area contributed by atoms with Crippen molar-refractivity contribution in [2.45, 2.75) is 46.6 Å². The average molecular weight is 278 g/mol. The number of rotatable bonds is 5. The van der Waals surface area contributed by atoms with Gasteiger partial charge in [0.25, 0.3) is 0 Å². The molecule has 1 N–H and O–H groups in total. The number of ether oxygens (including phenoxy) is 1. The Morgan fingerprint density at radius 2 is 1.75 bits per heavy atom. The maximum atomic E-state index is 12.2. The first-order valence-electron chi connectivity index (χ1n) is 6.80. The van der Waals surface area contributed by atoms with Gasteiger partial charge in [-0.15, -0.1) is 0 Å². The molecule has 0 heterocycles. The highest BCUT2D eigenvalue weighted by Crippen LogP contribution is 2.27. The summed E-state index contributed by atoms with van der Waals surface area (Å²) < 4.78 is 5.53. The van der Waals surface area contributed by atoms with E-state index in [9.17, 15) is 9.59 Å². The number of carboxylic acid groups (broad SMARTS) is 1. The third-order valence-electron chi connectivity index (χ3n) is 3.14. The second-order valence-electron chi connectivity index (χ2n) is 5.90. The fourth-order valence-corrected chi connectivity index (χ4v) is 1.97. The molecule has 0 saturated heterocycles. The number of hydrogen-bond donors (Lipinski definition) is 1. The molecule has 0 bridgehead atoms. The molecule has 0 spiro atoms. The number of hydrogen-bond acceptors (Lipinski definition) is 3. The Hall–Kier alpha value is -1.84. The van der Waals surface area contributed by atoms with Crippen LogP contribution < -0.4 is 0 Å². The Kier molecular flexibility index (Phi) is 5.31. The SMILES string of the molecule is CCCC(OC(=O)c1ccccc1C(=O)O)C(C)(C)C. The maximum absolute atomic E-state index is 12.2. The zero-order valence-electron chi connectivity index (χ0n) is 12.5. The second-order valence-corrected chi connectivity index (χ2v) is 5.90. The van der Waals surface area contributed by atoms with Crippen LogP contribution in [-0.2, 0) is 4.74 Å². The number of aromatic carboxylic acids is 1. The molecule has 110 valence electrons. The summed E-state index contributed by atoms with van der Waals surface area (Å²) >= 11 is 0. The van der Waals surface area contributed by atoms with Crippen molar-refractivity contribution in [2.75, 3.05) is 0 Å². The van der Waals surface area contributed by atoms with Crippen molar-refractivity contribution in [3.05, 3.63) is 35.4 Å². The van der Waals surface area contributed by atoms with Crippen LogP contribution >= 0.6 is 0 Å². The molecule has 0 aliphatic heterocycles. The van der Waals surface area contributed by atoms with E-state index in [1.54, 1.807) is 12.1 Å². The monoisotopic (exact) mass is 278 g/mol. The lowest BCUT2D eigenvalue weighted by Crippen LogP contribution is -2.32. The molecular formula is C16H22O4. The molecule has 1 unspecified atom stereocenters. The number of carbonyl (C=O) groups excluding carboxylic acids is 1. The molecule has 4 nitrogen and oxygen atoms in total. The van der Waals surface area contributed by atoms with Gasteiger partial charge >= 0.3 is 11.9 Å². The van der Waals surface area contributed by atoms with Crippen molar-refractivity contribution < 1.29 is 19.4 Å². The molecule has 1 aromatic carbocycles. The van der Waals surface area contributed by atoms with Gasteiger partial charge < -0.3 is 9.84 Å². The van der Waals surface area contributed by atoms with Crippen molar-refractivity contribution in [3.63, 3.8) is 0 Å². The summed E-state index contributed by atoms with van der Waals surface area (Å²) in [6.45, 7) is 8.04. The zero-order valence-corrected chi connectivity index (χ0v) is 12.5. The minimum absolute atomic E-state index is 0.0262. The molecule has 0 amide bonds. The van der Waals surface area contributed by atoms with Crippen molar-refractivity contribution >= 4 is 11.9 Å². The smallest absolute Gasteiger partial charge is 0.339 e. The Balaban J connectivity index is 2.98. The first kappa shape index (κ1) is 16.2. The van der Waals surface area contributed by atoms with Crippen LogP contribution in [0, 0.1) is 5.41 Å². The fraction of sp³-hybridized carbons (Fsp3) is 0.500. The van der Waals surface area contributed by atoms with Crippen LogP contribution in [0.1, 0.15) is 61.3 Å². The number of carbonyl (C=O) groups is 2. The van der Waals surface area contributed by atoms with Crippen molar-refractivity contribution in [1.29, 1.82) is 0 Å². The summed E-state index contributed by atoms with van der Waals surface area (Å²) in [4.78, 5) is 23.3. The fourth-order valence-electron chi connectivity index (χ4n) is 1.97. The minimum atomic E-state index is -1.12. The molecule has 1 aromatic rings. The van der Waals surface area contributed by atoms with Gasteiger partial charge in [0.15, 0.2) is 0 Å². The number of benzene rings is 1. The highest BCUT2D eigenvalue weighted by Gasteiger charge is 2.29. The van der Waals surface area contributed by atoms with Crippen LogP contribution in [0.3, 0.4) is 0 Å². The van der Waals surface area contributed by atoms with Crippen molar-refractivity contribution in [3.8, 4) is 0 Å². The topological polar surface area (TPSA) is 63.6 Å². The van der Waals surface area contributed by atoms with Gasteiger partial charge in [0, 0.05) is 0 Å². The van der Waals surface area contributed by atoms with E-state index in [4.69, 9.17) is 9.84 Å². The predicted molar refractivity (Wildman–Crippen MR) is 77.0 cm³/mol. The number of esters is 1. The van der Waals surface area contributed by atoms with E-state index in [2.05, 4.69) is 0 Å². The molecule has 0 aliphatic carbocycles. The Bertz CT molecular complexity index is 485. The van der Waals surface area contributed by atoms with Gasteiger partial charge in [0.05, 0.1) is 11.1 Å². The third-order valence-corrected chi connectivity index (χ3v) is 3.14. The lowest BCUT2D eigenvalue weighted by atomic mass is 9.86. The predicted octanol–water partition coefficient (Wildman–Crippen LogP) is 3.76. The van der Waals surface area contributed by atoms with E-state index in [1.165, 1.54) is 12.1 Å². The molecule has 0 aliphatic rings. The molecule has 1 rings (SSSR count). The number of carboxylic acids is 1. The van der Waals surface area contributed by atoms with E-state index in [0.717, 1.165) is 12.8 Å². The summed E-state index contributed by atoms with van der Waals surface area (Å²) in [6, 6.07) is 6.12. The Morgan fingerprint density at radius 3 is 2.20 bits per heavy atom. The van der Waals surface area contributed by atoms with E-state index in [-0.39, 0.29) is 22.6 Å². The van der Waals surface area contributed by atoms with E-state index in [1.807, 2.05) is 27.7 Å². The molecule has 0 radical (unpaired) electrons. The van der Waals surface area contributed by atoms with Crippen LogP contribution in [0.15, 0.2) is 24.3 Å². The van der Waals surface area contributed by atoms with Crippen LogP contribution in [0.25, 0.3) is 0 Å². The van der Waals surface area contributed by atoms with Gasteiger partial charge in [0.2, 0.25) is 0 Å². The van der Waals surface area contributed by atoms with E-state index >= 15 is 0 Å². The van der Waals surface area contributed by atoms with Crippen molar-refractivity contribution in [2.24, 2.45) is 5.41 Å². The Morgan fingerprint density at radius 1 is 1.20 bits per heavy atom. The quantitative estimate of drug-likeness (QED) is 0.833. The minimum Gasteiger partial charge on any atom is -0.478 e. The van der Waals surface area contributed by atoms with Crippen LogP contribution in [0.4, 0.5) is 0 Å². The summed E-state index contributed by atoms with van der Waals surface area (Å²) in [5.74, 6) is -1.70. The zero-order chi connectivity index (χ0) is 15.3. The molecule has 1 atom stereocenters. The highest BCUT2D eigenvalue weighted by atomic mass is 16.5. The van der Waals surface area contributed by atoms with E-state index in [0.29, 0.717) is 0 Å². The molecule has 0 aromatic heterocycles. The molecule has 0 fully saturated rings. The van der Waals surface area contributed by atoms with Gasteiger partial charge in [-0.05, 0) is 24.0 Å². The summed E-state index contributed by atoms with van der Waals surface area (Å²) in [5.41, 5.74) is -0.101. The van der Waals surface area contributed by atoms with Crippen LogP contribution in [0.5, 0.6) is 0 Å². The summed E-state index contributed by atoms with van der Waals surface area (Å²) in [7, 11) is 0. The first-order chi connectivity index (χ1) is 9.27. The average Bonchev–Trinajstić information content (AvgIpc) is 2.37. The largest absolute Gasteiger partial charge is 0.478 e. The summed E-state index contributed by atoms with van der Waals surface area (Å²) in [6.07, 6.45) is 1.42. The van der Waals surface area contributed by atoms with Gasteiger partial charge in [-0.3, -0.25) is 0 Å². The second kappa shape index (κ2) is 6.55.